The van der Waals surface area contributed by atoms with Crippen molar-refractivity contribution in [3.05, 3.63) is 93.3 Å². The summed E-state index contributed by atoms with van der Waals surface area (Å²) in [6, 6.07) is 18.5. The summed E-state index contributed by atoms with van der Waals surface area (Å²) >= 11 is 7.04. The van der Waals surface area contributed by atoms with Crippen LogP contribution in [0.4, 0.5) is 4.79 Å². The third-order valence-electron chi connectivity index (χ3n) is 5.25. The fraction of sp³-hybridized carbons (Fsp3) is 0.148. The number of carbonyl (C=O) groups is 3. The molecule has 9 heteroatoms. The second-order valence-electron chi connectivity index (χ2n) is 7.62. The van der Waals surface area contributed by atoms with Gasteiger partial charge in [-0.2, -0.15) is 0 Å². The minimum absolute atomic E-state index is 0.0894. The number of thioether (sulfide) groups is 1. The third-order valence-corrected chi connectivity index (χ3v) is 6.53. The number of imide groups is 1. The van der Waals surface area contributed by atoms with Gasteiger partial charge in [-0.05, 0) is 78.4 Å². The van der Waals surface area contributed by atoms with Crippen LogP contribution in [0.5, 0.6) is 17.2 Å². The molecule has 4 rings (SSSR count). The summed E-state index contributed by atoms with van der Waals surface area (Å²) in [4.78, 5) is 39.5. The number of hydrogen-bond donors (Lipinski definition) is 0. The standard InChI is InChI=1S/C27H22ClNO6S/c1-3-34-23-14-17(8-13-22(23)35-26(31)18-9-11-20(33-2)12-10-18)15-24-25(30)29(27(32)36-24)16-19-6-4-5-7-21(19)28/h4-15H,3,16H2,1-2H3/b24-15-. The molecule has 1 saturated heterocycles. The normalized spacial score (nSPS) is 14.3. The Labute approximate surface area is 217 Å². The molecule has 2 amide bonds. The lowest BCUT2D eigenvalue weighted by Gasteiger charge is -2.13. The quantitative estimate of drug-likeness (QED) is 0.197. The predicted molar refractivity (Wildman–Crippen MR) is 139 cm³/mol. The Morgan fingerprint density at radius 2 is 1.78 bits per heavy atom. The summed E-state index contributed by atoms with van der Waals surface area (Å²) in [5.74, 6) is 0.247. The van der Waals surface area contributed by atoms with E-state index in [-0.39, 0.29) is 22.4 Å². The number of amides is 2. The van der Waals surface area contributed by atoms with Gasteiger partial charge in [-0.15, -0.1) is 0 Å². The molecular formula is C27H22ClNO6S. The van der Waals surface area contributed by atoms with Gasteiger partial charge in [0.05, 0.1) is 30.7 Å². The molecule has 3 aromatic carbocycles. The first-order valence-corrected chi connectivity index (χ1v) is 12.2. The average molecular weight is 524 g/mol. The van der Waals surface area contributed by atoms with Crippen LogP contribution in [0.15, 0.2) is 71.6 Å². The Kier molecular flexibility index (Phi) is 7.97. The highest BCUT2D eigenvalue weighted by molar-refractivity contribution is 8.18. The lowest BCUT2D eigenvalue weighted by atomic mass is 10.1. The highest BCUT2D eigenvalue weighted by atomic mass is 35.5. The highest BCUT2D eigenvalue weighted by Gasteiger charge is 2.35. The van der Waals surface area contributed by atoms with E-state index in [0.717, 1.165) is 16.7 Å². The number of halogens is 1. The van der Waals surface area contributed by atoms with Crippen molar-refractivity contribution in [3.63, 3.8) is 0 Å². The topological polar surface area (TPSA) is 82.1 Å². The van der Waals surface area contributed by atoms with Crippen molar-refractivity contribution >= 4 is 46.6 Å². The number of benzene rings is 3. The first-order valence-electron chi connectivity index (χ1n) is 11.0. The maximum Gasteiger partial charge on any atom is 0.343 e. The Bertz CT molecular complexity index is 1340. The predicted octanol–water partition coefficient (Wildman–Crippen LogP) is 6.20. The van der Waals surface area contributed by atoms with Crippen molar-refractivity contribution < 1.29 is 28.6 Å². The van der Waals surface area contributed by atoms with E-state index in [2.05, 4.69) is 0 Å². The van der Waals surface area contributed by atoms with E-state index in [4.69, 9.17) is 25.8 Å². The van der Waals surface area contributed by atoms with Crippen molar-refractivity contribution in [1.29, 1.82) is 0 Å². The maximum atomic E-state index is 12.9. The molecule has 7 nitrogen and oxygen atoms in total. The van der Waals surface area contributed by atoms with Gasteiger partial charge in [-0.25, -0.2) is 4.79 Å². The van der Waals surface area contributed by atoms with Crippen LogP contribution in [0.3, 0.4) is 0 Å². The SMILES string of the molecule is CCOc1cc(/C=C2\SC(=O)N(Cc3ccccc3Cl)C2=O)ccc1OC(=O)c1ccc(OC)cc1. The number of rotatable bonds is 8. The average Bonchev–Trinajstić information content (AvgIpc) is 3.14. The van der Waals surface area contributed by atoms with E-state index in [1.165, 1.54) is 0 Å². The smallest absolute Gasteiger partial charge is 0.343 e. The molecule has 184 valence electrons. The zero-order valence-electron chi connectivity index (χ0n) is 19.5. The van der Waals surface area contributed by atoms with Crippen LogP contribution >= 0.6 is 23.4 Å². The molecule has 0 saturated carbocycles. The zero-order valence-corrected chi connectivity index (χ0v) is 21.1. The number of esters is 1. The molecule has 1 heterocycles. The monoisotopic (exact) mass is 523 g/mol. The Balaban J connectivity index is 1.53. The van der Waals surface area contributed by atoms with E-state index >= 15 is 0 Å². The van der Waals surface area contributed by atoms with Crippen molar-refractivity contribution in [3.8, 4) is 17.2 Å². The fourth-order valence-corrected chi connectivity index (χ4v) is 4.47. The van der Waals surface area contributed by atoms with Gasteiger partial charge in [0.2, 0.25) is 0 Å². The fourth-order valence-electron chi connectivity index (χ4n) is 3.44. The molecular weight excluding hydrogens is 502 g/mol. The largest absolute Gasteiger partial charge is 0.497 e. The molecule has 36 heavy (non-hydrogen) atoms. The second-order valence-corrected chi connectivity index (χ2v) is 9.02. The molecule has 0 spiro atoms. The van der Waals surface area contributed by atoms with Crippen LogP contribution in [0.2, 0.25) is 5.02 Å². The van der Waals surface area contributed by atoms with Crippen LogP contribution in [0.25, 0.3) is 6.08 Å². The van der Waals surface area contributed by atoms with Crippen LogP contribution < -0.4 is 14.2 Å². The molecule has 0 radical (unpaired) electrons. The summed E-state index contributed by atoms with van der Waals surface area (Å²) in [6.45, 7) is 2.23. The van der Waals surface area contributed by atoms with E-state index in [1.807, 2.05) is 6.92 Å². The summed E-state index contributed by atoms with van der Waals surface area (Å²) in [5, 5.41) is 0.114. The number of ether oxygens (including phenoxy) is 3. The Morgan fingerprint density at radius 1 is 1.03 bits per heavy atom. The molecule has 0 unspecified atom stereocenters. The van der Waals surface area contributed by atoms with Gasteiger partial charge >= 0.3 is 5.97 Å². The molecule has 1 aliphatic heterocycles. The zero-order chi connectivity index (χ0) is 25.7. The maximum absolute atomic E-state index is 12.9. The van der Waals surface area contributed by atoms with Crippen LogP contribution in [0.1, 0.15) is 28.4 Å². The van der Waals surface area contributed by atoms with Gasteiger partial charge < -0.3 is 14.2 Å². The van der Waals surface area contributed by atoms with Gasteiger partial charge in [0, 0.05) is 5.02 Å². The Morgan fingerprint density at radius 3 is 2.47 bits per heavy atom. The van der Waals surface area contributed by atoms with Crippen LogP contribution in [-0.2, 0) is 11.3 Å². The van der Waals surface area contributed by atoms with Crippen LogP contribution in [-0.4, -0.2) is 35.7 Å². The summed E-state index contributed by atoms with van der Waals surface area (Å²) in [5.41, 5.74) is 1.66. The van der Waals surface area contributed by atoms with Crippen molar-refractivity contribution in [2.24, 2.45) is 0 Å². The molecule has 3 aromatic rings. The molecule has 1 aliphatic rings. The lowest BCUT2D eigenvalue weighted by molar-refractivity contribution is -0.123. The summed E-state index contributed by atoms with van der Waals surface area (Å²) < 4.78 is 16.3. The van der Waals surface area contributed by atoms with E-state index < -0.39 is 11.9 Å². The molecule has 0 bridgehead atoms. The van der Waals surface area contributed by atoms with Gasteiger partial charge in [0.15, 0.2) is 11.5 Å². The molecule has 0 aromatic heterocycles. The number of carbonyl (C=O) groups excluding carboxylic acids is 3. The number of methoxy groups -OCH3 is 1. The molecule has 0 aliphatic carbocycles. The van der Waals surface area contributed by atoms with Gasteiger partial charge in [0.1, 0.15) is 5.75 Å². The van der Waals surface area contributed by atoms with E-state index in [0.29, 0.717) is 39.8 Å². The van der Waals surface area contributed by atoms with Gasteiger partial charge in [0.25, 0.3) is 11.1 Å². The third kappa shape index (κ3) is 5.72. The van der Waals surface area contributed by atoms with Gasteiger partial charge in [-0.1, -0.05) is 35.9 Å². The molecule has 0 atom stereocenters. The number of hydrogen-bond acceptors (Lipinski definition) is 7. The minimum Gasteiger partial charge on any atom is -0.497 e. The summed E-state index contributed by atoms with van der Waals surface area (Å²) in [7, 11) is 1.54. The first-order chi connectivity index (χ1) is 17.4. The van der Waals surface area contributed by atoms with E-state index in [9.17, 15) is 14.4 Å². The lowest BCUT2D eigenvalue weighted by Crippen LogP contribution is -2.27. The highest BCUT2D eigenvalue weighted by Crippen LogP contribution is 2.36. The van der Waals surface area contributed by atoms with Gasteiger partial charge in [-0.3, -0.25) is 14.5 Å². The molecule has 0 N–H and O–H groups in total. The van der Waals surface area contributed by atoms with Crippen molar-refractivity contribution in [2.45, 2.75) is 13.5 Å². The number of nitrogens with zero attached hydrogens (tertiary/aromatic N) is 1. The van der Waals surface area contributed by atoms with Crippen molar-refractivity contribution in [2.75, 3.05) is 13.7 Å². The first kappa shape index (κ1) is 25.3. The molecule has 1 fully saturated rings. The minimum atomic E-state index is -0.549. The second kappa shape index (κ2) is 11.3. The summed E-state index contributed by atoms with van der Waals surface area (Å²) in [6.07, 6.45) is 1.61. The van der Waals surface area contributed by atoms with E-state index in [1.54, 1.807) is 79.9 Å². The van der Waals surface area contributed by atoms with Crippen LogP contribution in [0, 0.1) is 0 Å². The van der Waals surface area contributed by atoms with Crippen molar-refractivity contribution in [1.82, 2.24) is 4.90 Å². The Hall–Kier alpha value is -3.75.